The summed E-state index contributed by atoms with van der Waals surface area (Å²) in [6.07, 6.45) is 1.31. The summed E-state index contributed by atoms with van der Waals surface area (Å²) < 4.78 is 0.861. The monoisotopic (exact) mass is 129 g/mol. The predicted molar refractivity (Wildman–Crippen MR) is 30.7 cm³/mol. The molecule has 0 aliphatic rings. The van der Waals surface area contributed by atoms with Gasteiger partial charge in [0.05, 0.1) is 6.20 Å². The minimum Gasteiger partial charge on any atom is -0.267 e. The second-order valence-electron chi connectivity index (χ2n) is 1.15. The molecule has 0 N–H and O–H groups in total. The fourth-order valence-electron chi connectivity index (χ4n) is 0.287. The fraction of sp³-hybridized carbons (Fsp3) is 0. The smallest absolute Gasteiger partial charge is 0.267 e. The standard InChI is InChI=1S/C3H3N3OS/c7-3-1-2-4-5-6(3)8/h1-2,8H. The number of aromatic nitrogens is 3. The van der Waals surface area contributed by atoms with E-state index in [0.717, 1.165) is 4.09 Å². The highest BCUT2D eigenvalue weighted by atomic mass is 32.1. The molecule has 0 aromatic carbocycles. The minimum absolute atomic E-state index is 0.275. The summed E-state index contributed by atoms with van der Waals surface area (Å²) in [5, 5.41) is 6.68. The van der Waals surface area contributed by atoms with Gasteiger partial charge in [0.2, 0.25) is 0 Å². The molecule has 0 atom stereocenters. The molecular weight excluding hydrogens is 126 g/mol. The maximum absolute atomic E-state index is 10.4. The third-order valence-electron chi connectivity index (χ3n) is 0.617. The molecule has 0 saturated heterocycles. The van der Waals surface area contributed by atoms with Crippen molar-refractivity contribution in [3.8, 4) is 0 Å². The Kier molecular flexibility index (Phi) is 1.29. The van der Waals surface area contributed by atoms with Crippen LogP contribution in [0, 0.1) is 0 Å². The third kappa shape index (κ3) is 0.865. The van der Waals surface area contributed by atoms with E-state index >= 15 is 0 Å². The van der Waals surface area contributed by atoms with Crippen molar-refractivity contribution in [1.82, 2.24) is 14.4 Å². The molecule has 5 heteroatoms. The lowest BCUT2D eigenvalue weighted by molar-refractivity contribution is 0.798. The average molecular weight is 129 g/mol. The van der Waals surface area contributed by atoms with Crippen molar-refractivity contribution >= 4 is 12.8 Å². The maximum atomic E-state index is 10.4. The zero-order chi connectivity index (χ0) is 5.98. The summed E-state index contributed by atoms with van der Waals surface area (Å²) in [6.45, 7) is 0. The van der Waals surface area contributed by atoms with Gasteiger partial charge in [0, 0.05) is 6.07 Å². The van der Waals surface area contributed by atoms with E-state index < -0.39 is 0 Å². The van der Waals surface area contributed by atoms with Crippen LogP contribution in [0.3, 0.4) is 0 Å². The number of thiol groups is 1. The van der Waals surface area contributed by atoms with E-state index in [4.69, 9.17) is 0 Å². The van der Waals surface area contributed by atoms with E-state index in [9.17, 15) is 4.79 Å². The first-order chi connectivity index (χ1) is 3.80. The first kappa shape index (κ1) is 5.30. The summed E-state index contributed by atoms with van der Waals surface area (Å²) in [6, 6.07) is 1.28. The van der Waals surface area contributed by atoms with Crippen molar-refractivity contribution in [2.75, 3.05) is 0 Å². The quantitative estimate of drug-likeness (QED) is 0.473. The van der Waals surface area contributed by atoms with Gasteiger partial charge in [-0.15, -0.1) is 5.10 Å². The Hall–Kier alpha value is -0.840. The first-order valence-electron chi connectivity index (χ1n) is 1.91. The first-order valence-corrected chi connectivity index (χ1v) is 2.31. The van der Waals surface area contributed by atoms with Crippen molar-refractivity contribution in [2.24, 2.45) is 0 Å². The van der Waals surface area contributed by atoms with Crippen molar-refractivity contribution in [1.29, 1.82) is 0 Å². The Balaban J connectivity index is 3.35. The van der Waals surface area contributed by atoms with Gasteiger partial charge in [0.1, 0.15) is 0 Å². The number of hydrogen-bond acceptors (Lipinski definition) is 4. The third-order valence-corrected chi connectivity index (χ3v) is 0.894. The molecular formula is C3H3N3OS. The highest BCUT2D eigenvalue weighted by Gasteiger charge is 1.83. The molecule has 1 aromatic heterocycles. The molecule has 0 fully saturated rings. The Morgan fingerprint density at radius 3 is 2.88 bits per heavy atom. The van der Waals surface area contributed by atoms with Crippen molar-refractivity contribution < 1.29 is 0 Å². The van der Waals surface area contributed by atoms with E-state index in [-0.39, 0.29) is 5.56 Å². The molecule has 0 saturated carbocycles. The molecule has 1 aromatic rings. The van der Waals surface area contributed by atoms with Gasteiger partial charge in [-0.1, -0.05) is 5.21 Å². The molecule has 0 radical (unpaired) electrons. The van der Waals surface area contributed by atoms with Crippen LogP contribution < -0.4 is 5.56 Å². The molecule has 0 amide bonds. The molecule has 4 nitrogen and oxygen atoms in total. The molecule has 0 unspecified atom stereocenters. The summed E-state index contributed by atoms with van der Waals surface area (Å²) in [5.41, 5.74) is -0.275. The molecule has 0 spiro atoms. The predicted octanol–water partition coefficient (Wildman–Crippen LogP) is -0.669. The number of nitrogens with zero attached hydrogens (tertiary/aromatic N) is 3. The topological polar surface area (TPSA) is 47.8 Å². The van der Waals surface area contributed by atoms with Crippen molar-refractivity contribution in [3.63, 3.8) is 0 Å². The fourth-order valence-corrected chi connectivity index (χ4v) is 0.399. The van der Waals surface area contributed by atoms with Crippen LogP contribution >= 0.6 is 12.8 Å². The molecule has 0 aliphatic heterocycles. The lowest BCUT2D eigenvalue weighted by atomic mass is 10.7. The Morgan fingerprint density at radius 2 is 2.50 bits per heavy atom. The van der Waals surface area contributed by atoms with Gasteiger partial charge in [-0.05, 0) is 12.8 Å². The van der Waals surface area contributed by atoms with Crippen LogP contribution in [0.1, 0.15) is 0 Å². The van der Waals surface area contributed by atoms with E-state index in [1.165, 1.54) is 12.3 Å². The van der Waals surface area contributed by atoms with Crippen LogP contribution in [0.15, 0.2) is 17.1 Å². The highest BCUT2D eigenvalue weighted by Crippen LogP contribution is 1.68. The summed E-state index contributed by atoms with van der Waals surface area (Å²) in [7, 11) is 0. The van der Waals surface area contributed by atoms with Crippen LogP contribution in [0.5, 0.6) is 0 Å². The van der Waals surface area contributed by atoms with Gasteiger partial charge in [0.25, 0.3) is 5.56 Å². The lowest BCUT2D eigenvalue weighted by Crippen LogP contribution is -2.14. The molecule has 42 valence electrons. The molecule has 0 aliphatic carbocycles. The summed E-state index contributed by atoms with van der Waals surface area (Å²) >= 11 is 3.63. The molecule has 0 bridgehead atoms. The van der Waals surface area contributed by atoms with Gasteiger partial charge in [-0.2, -0.15) is 4.09 Å². The van der Waals surface area contributed by atoms with Crippen molar-refractivity contribution in [2.45, 2.75) is 0 Å². The number of hydrogen-bond donors (Lipinski definition) is 1. The van der Waals surface area contributed by atoms with Gasteiger partial charge >= 0.3 is 0 Å². The second-order valence-corrected chi connectivity index (χ2v) is 1.53. The van der Waals surface area contributed by atoms with Gasteiger partial charge in [0.15, 0.2) is 0 Å². The Morgan fingerprint density at radius 1 is 1.75 bits per heavy atom. The zero-order valence-corrected chi connectivity index (χ0v) is 4.75. The SMILES string of the molecule is O=c1ccnnn1S. The largest absolute Gasteiger partial charge is 0.279 e. The van der Waals surface area contributed by atoms with Gasteiger partial charge in [-0.3, -0.25) is 4.79 Å². The molecule has 1 rings (SSSR count). The second kappa shape index (κ2) is 1.95. The minimum atomic E-state index is -0.275. The van der Waals surface area contributed by atoms with E-state index in [1.807, 2.05) is 0 Å². The van der Waals surface area contributed by atoms with Crippen LogP contribution in [0.4, 0.5) is 0 Å². The zero-order valence-electron chi connectivity index (χ0n) is 3.85. The summed E-state index contributed by atoms with van der Waals surface area (Å²) in [4.78, 5) is 10.4. The van der Waals surface area contributed by atoms with E-state index in [1.54, 1.807) is 0 Å². The average Bonchev–Trinajstić information content (AvgIpc) is 1.77. The summed E-state index contributed by atoms with van der Waals surface area (Å²) in [5.74, 6) is 0. The highest BCUT2D eigenvalue weighted by molar-refractivity contribution is 7.78. The lowest BCUT2D eigenvalue weighted by Gasteiger charge is -1.84. The van der Waals surface area contributed by atoms with Gasteiger partial charge < -0.3 is 0 Å². The Labute approximate surface area is 50.7 Å². The van der Waals surface area contributed by atoms with Crippen LogP contribution in [0.25, 0.3) is 0 Å². The number of rotatable bonds is 0. The normalized spacial score (nSPS) is 9.12. The van der Waals surface area contributed by atoms with Crippen LogP contribution in [-0.4, -0.2) is 14.4 Å². The molecule has 1 heterocycles. The van der Waals surface area contributed by atoms with E-state index in [0.29, 0.717) is 0 Å². The maximum Gasteiger partial charge on any atom is 0.279 e. The van der Waals surface area contributed by atoms with Gasteiger partial charge in [-0.25, -0.2) is 0 Å². The Bertz CT molecular complexity index is 232. The van der Waals surface area contributed by atoms with Crippen LogP contribution in [-0.2, 0) is 0 Å². The van der Waals surface area contributed by atoms with Crippen molar-refractivity contribution in [3.05, 3.63) is 22.6 Å². The molecule has 8 heavy (non-hydrogen) atoms. The van der Waals surface area contributed by atoms with E-state index in [2.05, 4.69) is 23.1 Å². The van der Waals surface area contributed by atoms with Crippen LogP contribution in [0.2, 0.25) is 0 Å².